The van der Waals surface area contributed by atoms with Gasteiger partial charge >= 0.3 is 5.97 Å². The van der Waals surface area contributed by atoms with Crippen LogP contribution in [0, 0.1) is 0 Å². The highest BCUT2D eigenvalue weighted by Gasteiger charge is 2.30. The quantitative estimate of drug-likeness (QED) is 0.301. The molecule has 220 valence electrons. The molecule has 2 aromatic heterocycles. The van der Waals surface area contributed by atoms with Crippen LogP contribution in [0.4, 0.5) is 11.5 Å². The number of hydrogen-bond donors (Lipinski definition) is 1. The van der Waals surface area contributed by atoms with Gasteiger partial charge in [0.2, 0.25) is 5.91 Å². The van der Waals surface area contributed by atoms with E-state index in [1.165, 1.54) is 18.2 Å². The molecule has 1 fully saturated rings. The topological polar surface area (TPSA) is 127 Å². The van der Waals surface area contributed by atoms with Crippen molar-refractivity contribution >= 4 is 67.5 Å². The van der Waals surface area contributed by atoms with Crippen LogP contribution >= 0.6 is 23.2 Å². The van der Waals surface area contributed by atoms with Crippen LogP contribution in [0.15, 0.2) is 66.0 Å². The maximum Gasteiger partial charge on any atom is 0.327 e. The third-order valence-corrected chi connectivity index (χ3v) is 8.50. The summed E-state index contributed by atoms with van der Waals surface area (Å²) in [5.74, 6) is 0.338. The molecular weight excluding hydrogens is 603 g/mol. The van der Waals surface area contributed by atoms with Gasteiger partial charge < -0.3 is 15.0 Å². The Labute approximate surface area is 253 Å². The number of hydrogen-bond acceptors (Lipinski definition) is 8. The minimum atomic E-state index is -4.28. The Morgan fingerprint density at radius 2 is 1.74 bits per heavy atom. The first-order valence-corrected chi connectivity index (χ1v) is 15.2. The van der Waals surface area contributed by atoms with Crippen LogP contribution in [0.2, 0.25) is 10.0 Å². The smallest absolute Gasteiger partial charge is 0.327 e. The van der Waals surface area contributed by atoms with E-state index >= 15 is 0 Å². The molecule has 14 heteroatoms. The summed E-state index contributed by atoms with van der Waals surface area (Å²) >= 11 is 12.2. The van der Waals surface area contributed by atoms with Crippen LogP contribution in [-0.2, 0) is 24.3 Å². The Hall–Kier alpha value is -3.87. The van der Waals surface area contributed by atoms with E-state index in [1.54, 1.807) is 63.6 Å². The van der Waals surface area contributed by atoms with Gasteiger partial charge in [-0.25, -0.2) is 18.4 Å². The zero-order valence-electron chi connectivity index (χ0n) is 23.0. The minimum Gasteiger partial charge on any atom is -0.459 e. The van der Waals surface area contributed by atoms with Crippen molar-refractivity contribution in [3.05, 3.63) is 71.1 Å². The second-order valence-corrected chi connectivity index (χ2v) is 13.4. The first-order chi connectivity index (χ1) is 19.8. The molecule has 4 aromatic rings. The second-order valence-electron chi connectivity index (χ2n) is 10.6. The van der Waals surface area contributed by atoms with Gasteiger partial charge in [0.15, 0.2) is 5.82 Å². The number of carbonyl (C=O) groups is 2. The summed E-state index contributed by atoms with van der Waals surface area (Å²) in [5, 5.41) is 3.75. The summed E-state index contributed by atoms with van der Waals surface area (Å²) in [4.78, 5) is 35.3. The molecule has 1 amide bonds. The number of anilines is 2. The lowest BCUT2D eigenvalue weighted by molar-refractivity contribution is -0.152. The van der Waals surface area contributed by atoms with Gasteiger partial charge in [-0.05, 0) is 63.2 Å². The molecule has 0 unspecified atom stereocenters. The number of ether oxygens (including phenoxy) is 1. The summed E-state index contributed by atoms with van der Waals surface area (Å²) in [6, 6.07) is 10.8. The Balaban J connectivity index is 1.49. The van der Waals surface area contributed by atoms with Crippen molar-refractivity contribution in [1.82, 2.24) is 19.9 Å². The van der Waals surface area contributed by atoms with E-state index in [1.807, 2.05) is 9.47 Å². The van der Waals surface area contributed by atoms with Crippen LogP contribution in [0.5, 0.6) is 0 Å². The van der Waals surface area contributed by atoms with Crippen LogP contribution in [-0.4, -0.2) is 66.6 Å². The monoisotopic (exact) mass is 630 g/mol. The van der Waals surface area contributed by atoms with Gasteiger partial charge in [-0.3, -0.25) is 18.5 Å². The molecule has 42 heavy (non-hydrogen) atoms. The molecule has 1 aliphatic heterocycles. The number of halogens is 2. The van der Waals surface area contributed by atoms with E-state index < -0.39 is 28.1 Å². The van der Waals surface area contributed by atoms with E-state index in [0.717, 1.165) is 9.82 Å². The van der Waals surface area contributed by atoms with Crippen LogP contribution in [0.25, 0.3) is 16.7 Å². The van der Waals surface area contributed by atoms with Gasteiger partial charge in [0.05, 0.1) is 35.0 Å². The third-order valence-electron chi connectivity index (χ3n) is 6.31. The first kappa shape index (κ1) is 29.6. The van der Waals surface area contributed by atoms with Gasteiger partial charge in [-0.1, -0.05) is 23.2 Å². The van der Waals surface area contributed by atoms with Crippen LogP contribution in [0.3, 0.4) is 0 Å². The van der Waals surface area contributed by atoms with Gasteiger partial charge in [-0.2, -0.15) is 0 Å². The molecular formula is C28H28Cl2N6O5S. The molecule has 2 aromatic carbocycles. The second kappa shape index (κ2) is 11.4. The lowest BCUT2D eigenvalue weighted by Crippen LogP contribution is -2.48. The molecule has 0 radical (unpaired) electrons. The van der Waals surface area contributed by atoms with Crippen molar-refractivity contribution in [3.8, 4) is 5.82 Å². The highest BCUT2D eigenvalue weighted by atomic mass is 35.5. The van der Waals surface area contributed by atoms with E-state index in [2.05, 4.69) is 15.3 Å². The molecule has 0 spiro atoms. The lowest BCUT2D eigenvalue weighted by atomic mass is 10.2. The van der Waals surface area contributed by atoms with Crippen molar-refractivity contribution in [2.24, 2.45) is 0 Å². The summed E-state index contributed by atoms with van der Waals surface area (Å²) in [6.07, 6.45) is 5.01. The number of amides is 1. The largest absolute Gasteiger partial charge is 0.459 e. The summed E-state index contributed by atoms with van der Waals surface area (Å²) < 4.78 is 35.9. The fourth-order valence-corrected chi connectivity index (χ4v) is 6.66. The Morgan fingerprint density at radius 3 is 2.38 bits per heavy atom. The van der Waals surface area contributed by atoms with E-state index in [0.29, 0.717) is 30.1 Å². The average molecular weight is 632 g/mol. The van der Waals surface area contributed by atoms with E-state index in [-0.39, 0.29) is 33.1 Å². The molecule has 1 saturated heterocycles. The summed E-state index contributed by atoms with van der Waals surface area (Å²) in [7, 11) is -4.28. The molecule has 0 bridgehead atoms. The molecule has 1 aliphatic rings. The zero-order valence-corrected chi connectivity index (χ0v) is 25.4. The molecule has 3 heterocycles. The molecule has 11 nitrogen and oxygen atoms in total. The molecule has 0 atom stereocenters. The Bertz CT molecular complexity index is 1750. The maximum atomic E-state index is 13.8. The number of carbonyl (C=O) groups excluding carboxylic acids is 2. The van der Waals surface area contributed by atoms with Crippen LogP contribution in [0.1, 0.15) is 20.8 Å². The van der Waals surface area contributed by atoms with Crippen molar-refractivity contribution in [1.29, 1.82) is 0 Å². The predicted octanol–water partition coefficient (Wildman–Crippen LogP) is 4.20. The number of fused-ring (bicyclic) bond motifs is 1. The summed E-state index contributed by atoms with van der Waals surface area (Å²) in [5.41, 5.74) is 0.162. The Kier molecular flexibility index (Phi) is 8.06. The van der Waals surface area contributed by atoms with Gasteiger partial charge in [0, 0.05) is 34.7 Å². The van der Waals surface area contributed by atoms with E-state index in [4.69, 9.17) is 27.9 Å². The van der Waals surface area contributed by atoms with Crippen molar-refractivity contribution in [2.75, 3.05) is 35.4 Å². The fraction of sp³-hybridized carbons (Fsp3) is 0.286. The van der Waals surface area contributed by atoms with Gasteiger partial charge in [-0.15, -0.1) is 0 Å². The molecule has 5 rings (SSSR count). The maximum absolute atomic E-state index is 13.8. The standard InChI is InChI=1S/C28H28Cl2N6O5S/c1-28(2,3)41-27(38)17-36(42(39,40)22-12-19(29)11-20(30)13-22)21-4-5-23-18(10-21)6-8-35(23)25-15-32-24(14-33-25)34-9-7-31-26(37)16-34/h4-6,8,10-15H,7,9,16-17H2,1-3H3,(H,31,37). The molecule has 1 N–H and O–H groups in total. The van der Waals surface area contributed by atoms with Gasteiger partial charge in [0.25, 0.3) is 10.0 Å². The number of rotatable bonds is 7. The number of sulfonamides is 1. The number of piperazine rings is 1. The summed E-state index contributed by atoms with van der Waals surface area (Å²) in [6.45, 7) is 5.93. The highest BCUT2D eigenvalue weighted by molar-refractivity contribution is 7.92. The predicted molar refractivity (Wildman–Crippen MR) is 161 cm³/mol. The lowest BCUT2D eigenvalue weighted by Gasteiger charge is -2.27. The van der Waals surface area contributed by atoms with Gasteiger partial charge in [0.1, 0.15) is 18.0 Å². The fourth-order valence-electron chi connectivity index (χ4n) is 4.53. The zero-order chi connectivity index (χ0) is 30.2. The number of nitrogens with one attached hydrogen (secondary N) is 1. The number of nitrogens with zero attached hydrogens (tertiary/aromatic N) is 5. The molecule has 0 aliphatic carbocycles. The van der Waals surface area contributed by atoms with Crippen molar-refractivity contribution in [3.63, 3.8) is 0 Å². The van der Waals surface area contributed by atoms with Crippen molar-refractivity contribution in [2.45, 2.75) is 31.3 Å². The first-order valence-electron chi connectivity index (χ1n) is 13.0. The molecule has 0 saturated carbocycles. The normalized spacial score (nSPS) is 14.1. The number of esters is 1. The van der Waals surface area contributed by atoms with Crippen LogP contribution < -0.4 is 14.5 Å². The Morgan fingerprint density at radius 1 is 1.05 bits per heavy atom. The highest BCUT2D eigenvalue weighted by Crippen LogP contribution is 2.31. The number of aromatic nitrogens is 3. The average Bonchev–Trinajstić information content (AvgIpc) is 3.33. The minimum absolute atomic E-state index is 0.0690. The number of benzene rings is 2. The van der Waals surface area contributed by atoms with E-state index in [9.17, 15) is 18.0 Å². The SMILES string of the molecule is CC(C)(C)OC(=O)CN(c1ccc2c(ccn2-c2cnc(N3CCNC(=O)C3)cn2)c1)S(=O)(=O)c1cc(Cl)cc(Cl)c1. The van der Waals surface area contributed by atoms with Crippen molar-refractivity contribution < 1.29 is 22.7 Å². The third kappa shape index (κ3) is 6.45.